The molecular weight excluding hydrogens is 773 g/mol. The Bertz CT molecular complexity index is 2160. The number of carbonyl (C=O) groups is 1. The maximum atomic E-state index is 13.3. The Morgan fingerprint density at radius 3 is 2.24 bits per heavy atom. The third-order valence-corrected chi connectivity index (χ3v) is 13.7. The van der Waals surface area contributed by atoms with E-state index in [4.69, 9.17) is 15.6 Å². The molecule has 2 unspecified atom stereocenters. The van der Waals surface area contributed by atoms with E-state index in [0.29, 0.717) is 35.7 Å². The lowest BCUT2D eigenvalue weighted by Gasteiger charge is -2.46. The van der Waals surface area contributed by atoms with Crippen LogP contribution in [0.3, 0.4) is 0 Å². The second-order valence-electron chi connectivity index (χ2n) is 17.9. The molecule has 0 spiro atoms. The predicted molar refractivity (Wildman–Crippen MR) is 253 cm³/mol. The first-order valence-corrected chi connectivity index (χ1v) is 22.7. The van der Waals surface area contributed by atoms with Crippen LogP contribution in [0.4, 0.5) is 0 Å². The van der Waals surface area contributed by atoms with E-state index in [1.54, 1.807) is 12.3 Å². The maximum absolute atomic E-state index is 13.3. The summed E-state index contributed by atoms with van der Waals surface area (Å²) in [6.07, 6.45) is 10.6. The summed E-state index contributed by atoms with van der Waals surface area (Å²) >= 11 is 0. The summed E-state index contributed by atoms with van der Waals surface area (Å²) in [5, 5.41) is 22.4. The van der Waals surface area contributed by atoms with Crippen LogP contribution in [-0.4, -0.2) is 81.8 Å². The molecule has 62 heavy (non-hydrogen) atoms. The zero-order valence-corrected chi connectivity index (χ0v) is 38.4. The Balaban J connectivity index is 0.000000318. The van der Waals surface area contributed by atoms with Gasteiger partial charge in [0.05, 0.1) is 23.9 Å². The second kappa shape index (κ2) is 21.2. The van der Waals surface area contributed by atoms with Crippen LogP contribution < -0.4 is 16.6 Å². The number of hydrogen-bond acceptors (Lipinski definition) is 10. The van der Waals surface area contributed by atoms with E-state index >= 15 is 0 Å². The molecule has 0 bridgehead atoms. The lowest BCUT2D eigenvalue weighted by atomic mass is 9.82. The maximum Gasteiger partial charge on any atom is 0.230 e. The Labute approximate surface area is 370 Å². The van der Waals surface area contributed by atoms with E-state index in [1.165, 1.54) is 22.3 Å². The molecule has 4 aliphatic rings. The monoisotopic (exact) mass is 843 g/mol. The molecule has 1 amide bonds. The van der Waals surface area contributed by atoms with Crippen molar-refractivity contribution in [2.24, 2.45) is 28.6 Å². The molecule has 1 aromatic heterocycles. The zero-order valence-electron chi connectivity index (χ0n) is 38.4. The van der Waals surface area contributed by atoms with Gasteiger partial charge in [-0.3, -0.25) is 15.5 Å². The largest absolute Gasteiger partial charge is 0.507 e. The van der Waals surface area contributed by atoms with Crippen LogP contribution in [0.25, 0.3) is 22.4 Å². The van der Waals surface area contributed by atoms with Gasteiger partial charge >= 0.3 is 0 Å². The van der Waals surface area contributed by atoms with Crippen molar-refractivity contribution >= 4 is 23.0 Å². The molecule has 2 saturated heterocycles. The minimum atomic E-state index is -0.104. The highest BCUT2D eigenvalue weighted by atomic mass is 16.5. The quantitative estimate of drug-likeness (QED) is 0.0980. The van der Waals surface area contributed by atoms with Gasteiger partial charge < -0.3 is 25.5 Å². The number of allylic oxidation sites excluding steroid dienone is 4. The van der Waals surface area contributed by atoms with Gasteiger partial charge in [0, 0.05) is 48.1 Å². The minimum absolute atomic E-state index is 0.104. The van der Waals surface area contributed by atoms with E-state index < -0.39 is 0 Å². The number of phenols is 1. The average molecular weight is 843 g/mol. The van der Waals surface area contributed by atoms with Gasteiger partial charge in [-0.15, -0.1) is 0 Å². The number of aromatic nitrogens is 2. The van der Waals surface area contributed by atoms with E-state index in [9.17, 15) is 9.90 Å². The standard InChI is InChI=1S/C37H49N5O3.C14H21N3/c1-23(2)36(37(44)42-16-8-9-17-42)28-20-35(38-22-28)45-34-13-12-32(34)41-18-14-27(15-19-41)24(3)25(4)30-21-31(40-39-26(30)5)29-10-6-7-11-33(29)43;1-5-16-12(4)14-8-6-13(7-9-14)10(2)11(3)17-15/h6-7,10-11,20-21,23,27,32,34,36,43H,8-9,12-19,22H2,1-5H3;5-9,12,16-17H,1,15H2,2-4H3/b25-24+;11-10+/t32?,34?,36-;12-/m10/s1. The molecule has 4 atom stereocenters. The van der Waals surface area contributed by atoms with Crippen molar-refractivity contribution < 1.29 is 14.6 Å². The zero-order chi connectivity index (χ0) is 44.5. The number of rotatable bonds is 13. The number of ether oxygens (including phenoxy) is 1. The molecule has 11 heteroatoms. The van der Waals surface area contributed by atoms with Crippen molar-refractivity contribution in [2.75, 3.05) is 32.7 Å². The number of nitrogens with one attached hydrogen (secondary N) is 2. The first kappa shape index (κ1) is 46.2. The number of nitrogens with two attached hydrogens (primary N) is 1. The van der Waals surface area contributed by atoms with Crippen LogP contribution in [0.5, 0.6) is 5.75 Å². The molecule has 332 valence electrons. The summed E-state index contributed by atoms with van der Waals surface area (Å²) in [6, 6.07) is 18.5. The smallest absolute Gasteiger partial charge is 0.230 e. The first-order chi connectivity index (χ1) is 29.8. The topological polar surface area (TPSA) is 141 Å². The summed E-state index contributed by atoms with van der Waals surface area (Å²) < 4.78 is 6.49. The van der Waals surface area contributed by atoms with E-state index in [0.717, 1.165) is 92.8 Å². The van der Waals surface area contributed by atoms with Crippen LogP contribution in [0.2, 0.25) is 0 Å². The molecule has 1 saturated carbocycles. The van der Waals surface area contributed by atoms with Gasteiger partial charge in [-0.25, -0.2) is 4.99 Å². The molecule has 3 aliphatic heterocycles. The number of carbonyl (C=O) groups excluding carboxylic acids is 1. The van der Waals surface area contributed by atoms with Crippen molar-refractivity contribution in [3.63, 3.8) is 0 Å². The van der Waals surface area contributed by atoms with Crippen molar-refractivity contribution in [2.45, 2.75) is 112 Å². The average Bonchev–Trinajstić information content (AvgIpc) is 3.99. The molecule has 3 aromatic rings. The summed E-state index contributed by atoms with van der Waals surface area (Å²) in [5.41, 5.74) is 14.4. The number of aryl methyl sites for hydroxylation is 1. The second-order valence-corrected chi connectivity index (χ2v) is 17.9. The number of hydrogen-bond donors (Lipinski definition) is 4. The van der Waals surface area contributed by atoms with Crippen LogP contribution in [-0.2, 0) is 9.53 Å². The SMILES string of the molecule is C/C(=C(/C)C1CCN(C2CCC2OC2=NCC([C@H](C(=O)N3CCCC3)C(C)C)=C2)CC1)c1cc(-c2ccccc2O)nnc1C.C=CN[C@@H](C)c1ccc(/C(C)=C(\C)NN)cc1. The molecule has 11 nitrogen and oxygen atoms in total. The van der Waals surface area contributed by atoms with Gasteiger partial charge in [0.15, 0.2) is 0 Å². The molecule has 1 aliphatic carbocycles. The molecule has 2 aromatic carbocycles. The summed E-state index contributed by atoms with van der Waals surface area (Å²) in [4.78, 5) is 22.7. The van der Waals surface area contributed by atoms with Crippen LogP contribution >= 0.6 is 0 Å². The van der Waals surface area contributed by atoms with Crippen LogP contribution in [0, 0.1) is 24.7 Å². The lowest BCUT2D eigenvalue weighted by Crippen LogP contribution is -2.54. The predicted octanol–water partition coefficient (Wildman–Crippen LogP) is 9.14. The van der Waals surface area contributed by atoms with Crippen LogP contribution in [0.15, 0.2) is 95.3 Å². The number of para-hydroxylation sites is 1. The Morgan fingerprint density at radius 2 is 1.63 bits per heavy atom. The number of aromatic hydroxyl groups is 1. The molecule has 5 N–H and O–H groups in total. The van der Waals surface area contributed by atoms with Gasteiger partial charge in [-0.1, -0.05) is 62.4 Å². The number of hydrazine groups is 1. The minimum Gasteiger partial charge on any atom is -0.507 e. The van der Waals surface area contributed by atoms with Crippen molar-refractivity contribution in [3.8, 4) is 17.0 Å². The van der Waals surface area contributed by atoms with Gasteiger partial charge in [0.2, 0.25) is 11.8 Å². The van der Waals surface area contributed by atoms with Gasteiger partial charge in [-0.05, 0) is 157 Å². The molecule has 0 radical (unpaired) electrons. The fourth-order valence-electron chi connectivity index (χ4n) is 9.30. The number of likely N-dealkylation sites (tertiary alicyclic amines) is 2. The number of aliphatic imine (C=N–C) groups is 1. The fraction of sp³-hybridized carbons (Fsp3) is 0.490. The summed E-state index contributed by atoms with van der Waals surface area (Å²) in [5.74, 6) is 7.26. The van der Waals surface area contributed by atoms with Gasteiger partial charge in [-0.2, -0.15) is 10.2 Å². The third kappa shape index (κ3) is 10.8. The van der Waals surface area contributed by atoms with Gasteiger partial charge in [0.25, 0.3) is 0 Å². The number of piperidine rings is 1. The van der Waals surface area contributed by atoms with Crippen molar-refractivity contribution in [1.29, 1.82) is 0 Å². The Hall–Kier alpha value is -5.26. The number of phenolic OH excluding ortho intramolecular Hbond substituents is 1. The number of nitrogens with zero attached hydrogens (tertiary/aromatic N) is 5. The van der Waals surface area contributed by atoms with Crippen molar-refractivity contribution in [3.05, 3.63) is 113 Å². The van der Waals surface area contributed by atoms with E-state index in [1.807, 2.05) is 36.9 Å². The molecular formula is C51H70N8O3. The highest BCUT2D eigenvalue weighted by Crippen LogP contribution is 2.38. The Morgan fingerprint density at radius 1 is 0.935 bits per heavy atom. The van der Waals surface area contributed by atoms with Gasteiger partial charge in [0.1, 0.15) is 11.9 Å². The third-order valence-electron chi connectivity index (χ3n) is 13.7. The normalized spacial score (nSPS) is 21.0. The fourth-order valence-corrected chi connectivity index (χ4v) is 9.30. The van der Waals surface area contributed by atoms with E-state index in [-0.39, 0.29) is 35.6 Å². The lowest BCUT2D eigenvalue weighted by molar-refractivity contribution is -0.134. The first-order valence-electron chi connectivity index (χ1n) is 22.7. The molecule has 4 heterocycles. The number of amides is 1. The number of benzene rings is 2. The van der Waals surface area contributed by atoms with Crippen LogP contribution in [0.1, 0.15) is 115 Å². The van der Waals surface area contributed by atoms with E-state index in [2.05, 4.69) is 110 Å². The summed E-state index contributed by atoms with van der Waals surface area (Å²) in [6.45, 7) is 25.0. The molecule has 7 rings (SSSR count). The summed E-state index contributed by atoms with van der Waals surface area (Å²) in [7, 11) is 0. The van der Waals surface area contributed by atoms with Crippen molar-refractivity contribution in [1.82, 2.24) is 30.7 Å². The molecule has 3 fully saturated rings. The highest BCUT2D eigenvalue weighted by Gasteiger charge is 2.40. The Kier molecular flexibility index (Phi) is 15.8. The highest BCUT2D eigenvalue weighted by molar-refractivity contribution is 5.93.